The molecule has 0 aliphatic rings. The van der Waals surface area contributed by atoms with Crippen LogP contribution in [0.2, 0.25) is 0 Å². The summed E-state index contributed by atoms with van der Waals surface area (Å²) in [4.78, 5) is 11.5. The zero-order valence-electron chi connectivity index (χ0n) is 10.1. The van der Waals surface area contributed by atoms with Crippen molar-refractivity contribution in [1.29, 1.82) is 0 Å². The molecule has 3 N–H and O–H groups in total. The van der Waals surface area contributed by atoms with Gasteiger partial charge < -0.3 is 15.7 Å². The van der Waals surface area contributed by atoms with Crippen LogP contribution >= 0.6 is 12.4 Å². The van der Waals surface area contributed by atoms with E-state index in [0.29, 0.717) is 12.1 Å². The molecule has 1 rings (SSSR count). The lowest BCUT2D eigenvalue weighted by Gasteiger charge is -2.08. The van der Waals surface area contributed by atoms with Crippen LogP contribution in [0, 0.1) is 6.92 Å². The lowest BCUT2D eigenvalue weighted by molar-refractivity contribution is -0.116. The summed E-state index contributed by atoms with van der Waals surface area (Å²) in [7, 11) is 1.85. The number of amides is 1. The van der Waals surface area contributed by atoms with Gasteiger partial charge in [0.2, 0.25) is 5.91 Å². The monoisotopic (exact) mass is 258 g/mol. The van der Waals surface area contributed by atoms with Gasteiger partial charge in [-0.15, -0.1) is 12.4 Å². The number of hydrogen-bond donors (Lipinski definition) is 3. The Morgan fingerprint density at radius 3 is 2.76 bits per heavy atom. The van der Waals surface area contributed by atoms with E-state index in [-0.39, 0.29) is 24.1 Å². The summed E-state index contributed by atoms with van der Waals surface area (Å²) in [5.74, 6) is 0.0312. The lowest BCUT2D eigenvalue weighted by atomic mass is 10.2. The number of carbonyl (C=O) groups excluding carboxylic acids is 1. The van der Waals surface area contributed by atoms with Crippen LogP contribution in [0.4, 0.5) is 5.69 Å². The lowest BCUT2D eigenvalue weighted by Crippen LogP contribution is -2.15. The van der Waals surface area contributed by atoms with Crippen molar-refractivity contribution in [1.82, 2.24) is 5.32 Å². The van der Waals surface area contributed by atoms with Gasteiger partial charge in [-0.05, 0) is 44.6 Å². The molecule has 0 aliphatic heterocycles. The van der Waals surface area contributed by atoms with Crippen molar-refractivity contribution >= 4 is 24.0 Å². The molecule has 96 valence electrons. The molecular weight excluding hydrogens is 240 g/mol. The van der Waals surface area contributed by atoms with E-state index < -0.39 is 0 Å². The Kier molecular flexibility index (Phi) is 7.34. The predicted octanol–water partition coefficient (Wildman–Crippen LogP) is 2.06. The normalized spacial score (nSPS) is 9.53. The quantitative estimate of drug-likeness (QED) is 0.560. The molecule has 0 radical (unpaired) electrons. The van der Waals surface area contributed by atoms with E-state index in [4.69, 9.17) is 0 Å². The number of benzene rings is 1. The molecule has 4 nitrogen and oxygen atoms in total. The minimum Gasteiger partial charge on any atom is -0.506 e. The number of aryl methyl sites for hydroxylation is 1. The molecule has 5 heteroatoms. The Balaban J connectivity index is 0.00000256. The maximum Gasteiger partial charge on any atom is 0.224 e. The molecule has 0 saturated carbocycles. The van der Waals surface area contributed by atoms with Gasteiger partial charge in [0.1, 0.15) is 5.75 Å². The van der Waals surface area contributed by atoms with Gasteiger partial charge in [0.05, 0.1) is 5.69 Å². The zero-order chi connectivity index (χ0) is 12.0. The first kappa shape index (κ1) is 15.7. The maximum atomic E-state index is 11.5. The molecule has 0 saturated heterocycles. The zero-order valence-corrected chi connectivity index (χ0v) is 10.9. The topological polar surface area (TPSA) is 61.4 Å². The second kappa shape index (κ2) is 7.92. The summed E-state index contributed by atoms with van der Waals surface area (Å²) in [6, 6.07) is 5.13. The second-order valence-electron chi connectivity index (χ2n) is 3.78. The van der Waals surface area contributed by atoms with Crippen LogP contribution in [0.3, 0.4) is 0 Å². The van der Waals surface area contributed by atoms with E-state index in [1.807, 2.05) is 14.0 Å². The molecule has 0 atom stereocenters. The number of anilines is 1. The largest absolute Gasteiger partial charge is 0.506 e. The van der Waals surface area contributed by atoms with Crippen LogP contribution in [0.25, 0.3) is 0 Å². The molecule has 1 aromatic carbocycles. The molecule has 0 aliphatic carbocycles. The van der Waals surface area contributed by atoms with E-state index >= 15 is 0 Å². The Morgan fingerprint density at radius 1 is 1.41 bits per heavy atom. The molecule has 1 amide bonds. The molecule has 0 fully saturated rings. The van der Waals surface area contributed by atoms with Crippen molar-refractivity contribution in [3.63, 3.8) is 0 Å². The highest BCUT2D eigenvalue weighted by molar-refractivity contribution is 5.92. The summed E-state index contributed by atoms with van der Waals surface area (Å²) < 4.78 is 0. The first-order chi connectivity index (χ1) is 7.63. The number of halogens is 1. The molecule has 0 unspecified atom stereocenters. The Morgan fingerprint density at radius 2 is 2.12 bits per heavy atom. The fraction of sp³-hybridized carbons (Fsp3) is 0.417. The summed E-state index contributed by atoms with van der Waals surface area (Å²) in [6.45, 7) is 2.73. The van der Waals surface area contributed by atoms with Crippen LogP contribution in [-0.2, 0) is 4.79 Å². The molecule has 17 heavy (non-hydrogen) atoms. The highest BCUT2D eigenvalue weighted by Gasteiger charge is 2.05. The van der Waals surface area contributed by atoms with Gasteiger partial charge in [-0.2, -0.15) is 0 Å². The fourth-order valence-corrected chi connectivity index (χ4v) is 1.39. The van der Waals surface area contributed by atoms with Crippen LogP contribution < -0.4 is 10.6 Å². The molecule has 1 aromatic rings. The average molecular weight is 259 g/mol. The summed E-state index contributed by atoms with van der Waals surface area (Å²) in [6.07, 6.45) is 1.24. The van der Waals surface area contributed by atoms with Crippen molar-refractivity contribution in [2.75, 3.05) is 18.9 Å². The summed E-state index contributed by atoms with van der Waals surface area (Å²) >= 11 is 0. The van der Waals surface area contributed by atoms with Crippen molar-refractivity contribution in [3.8, 4) is 5.75 Å². The molecule has 0 bridgehead atoms. The van der Waals surface area contributed by atoms with Gasteiger partial charge in [0, 0.05) is 6.42 Å². The third-order valence-electron chi connectivity index (χ3n) is 2.26. The molecule has 0 aromatic heterocycles. The first-order valence-electron chi connectivity index (χ1n) is 5.37. The molecular formula is C12H19ClN2O2. The number of hydrogen-bond acceptors (Lipinski definition) is 3. The first-order valence-corrected chi connectivity index (χ1v) is 5.37. The molecule has 0 heterocycles. The highest BCUT2D eigenvalue weighted by Crippen LogP contribution is 2.23. The van der Waals surface area contributed by atoms with Crippen LogP contribution in [0.5, 0.6) is 5.75 Å². The van der Waals surface area contributed by atoms with Crippen LogP contribution in [0.15, 0.2) is 18.2 Å². The summed E-state index contributed by atoms with van der Waals surface area (Å²) in [5, 5.41) is 15.2. The van der Waals surface area contributed by atoms with E-state index in [1.54, 1.807) is 18.2 Å². The summed E-state index contributed by atoms with van der Waals surface area (Å²) in [5.41, 5.74) is 1.48. The van der Waals surface area contributed by atoms with Crippen LogP contribution in [-0.4, -0.2) is 24.6 Å². The Bertz CT molecular complexity index is 370. The smallest absolute Gasteiger partial charge is 0.224 e. The number of rotatable bonds is 5. The number of phenolic OH excluding ortho intramolecular Hbond substituents is 1. The highest BCUT2D eigenvalue weighted by atomic mass is 35.5. The van der Waals surface area contributed by atoms with Gasteiger partial charge in [-0.3, -0.25) is 4.79 Å². The van der Waals surface area contributed by atoms with Gasteiger partial charge >= 0.3 is 0 Å². The van der Waals surface area contributed by atoms with Gasteiger partial charge in [-0.25, -0.2) is 0 Å². The third-order valence-corrected chi connectivity index (χ3v) is 2.26. The fourth-order valence-electron chi connectivity index (χ4n) is 1.39. The maximum absolute atomic E-state index is 11.5. The average Bonchev–Trinajstić information content (AvgIpc) is 2.24. The Labute approximate surface area is 108 Å². The minimum atomic E-state index is -0.0730. The van der Waals surface area contributed by atoms with E-state index in [1.165, 1.54) is 0 Å². The van der Waals surface area contributed by atoms with E-state index in [9.17, 15) is 9.90 Å². The van der Waals surface area contributed by atoms with Crippen molar-refractivity contribution < 1.29 is 9.90 Å². The molecule has 0 spiro atoms. The number of phenols is 1. The van der Waals surface area contributed by atoms with Gasteiger partial charge in [-0.1, -0.05) is 6.07 Å². The minimum absolute atomic E-state index is 0. The van der Waals surface area contributed by atoms with Crippen molar-refractivity contribution in [2.45, 2.75) is 19.8 Å². The SMILES string of the molecule is CNCCCC(=O)Nc1cc(C)ccc1O.Cl. The number of aromatic hydroxyl groups is 1. The Hall–Kier alpha value is -1.26. The van der Waals surface area contributed by atoms with Crippen LogP contribution in [0.1, 0.15) is 18.4 Å². The van der Waals surface area contributed by atoms with Gasteiger partial charge in [0.25, 0.3) is 0 Å². The second-order valence-corrected chi connectivity index (χ2v) is 3.78. The van der Waals surface area contributed by atoms with E-state index in [2.05, 4.69) is 10.6 Å². The third kappa shape index (κ3) is 5.56. The van der Waals surface area contributed by atoms with E-state index in [0.717, 1.165) is 18.5 Å². The standard InChI is InChI=1S/C12H18N2O2.ClH/c1-9-5-6-11(15)10(8-9)14-12(16)4-3-7-13-2;/h5-6,8,13,15H,3-4,7H2,1-2H3,(H,14,16);1H. The number of carbonyl (C=O) groups is 1. The van der Waals surface area contributed by atoms with Crippen molar-refractivity contribution in [3.05, 3.63) is 23.8 Å². The predicted molar refractivity (Wildman–Crippen MR) is 71.9 cm³/mol. The number of nitrogens with one attached hydrogen (secondary N) is 2. The van der Waals surface area contributed by atoms with Crippen molar-refractivity contribution in [2.24, 2.45) is 0 Å². The van der Waals surface area contributed by atoms with Gasteiger partial charge in [0.15, 0.2) is 0 Å².